The van der Waals surface area contributed by atoms with Crippen LogP contribution in [0.5, 0.6) is 0 Å². The van der Waals surface area contributed by atoms with Crippen LogP contribution in [0, 0.1) is 17.8 Å². The van der Waals surface area contributed by atoms with E-state index in [2.05, 4.69) is 13.8 Å². The molecule has 29 heavy (non-hydrogen) atoms. The van der Waals surface area contributed by atoms with Crippen molar-refractivity contribution in [1.82, 2.24) is 0 Å². The highest BCUT2D eigenvalue weighted by Gasteiger charge is 2.30. The maximum absolute atomic E-state index is 6.22. The van der Waals surface area contributed by atoms with E-state index in [0.717, 1.165) is 24.4 Å². The topological polar surface area (TPSA) is 9.23 Å². The van der Waals surface area contributed by atoms with Crippen molar-refractivity contribution in [3.8, 4) is 0 Å². The standard InChI is InChI=1S/C28H54O/c1-3-5-7-9-11-13-15-25-16-18-26(19-17-25)27-20-22-28(23-21-27)29-24-14-12-10-8-6-4-2/h25-28H,3-24H2,1-2H3. The lowest BCUT2D eigenvalue weighted by molar-refractivity contribution is 0.00526. The fourth-order valence-electron chi connectivity index (χ4n) is 6.02. The highest BCUT2D eigenvalue weighted by atomic mass is 16.5. The van der Waals surface area contributed by atoms with Crippen molar-refractivity contribution in [3.63, 3.8) is 0 Å². The molecular weight excluding hydrogens is 352 g/mol. The number of hydrogen-bond donors (Lipinski definition) is 0. The lowest BCUT2D eigenvalue weighted by atomic mass is 9.70. The van der Waals surface area contributed by atoms with E-state index in [-0.39, 0.29) is 0 Å². The Morgan fingerprint density at radius 3 is 1.59 bits per heavy atom. The molecule has 0 aromatic carbocycles. The van der Waals surface area contributed by atoms with E-state index < -0.39 is 0 Å². The van der Waals surface area contributed by atoms with Crippen molar-refractivity contribution in [1.29, 1.82) is 0 Å². The van der Waals surface area contributed by atoms with Crippen LogP contribution >= 0.6 is 0 Å². The van der Waals surface area contributed by atoms with Crippen LogP contribution in [0.2, 0.25) is 0 Å². The summed E-state index contributed by atoms with van der Waals surface area (Å²) in [5, 5.41) is 0. The molecule has 0 N–H and O–H groups in total. The Balaban J connectivity index is 1.45. The third-order valence-corrected chi connectivity index (χ3v) is 8.09. The molecule has 0 aromatic heterocycles. The molecule has 0 bridgehead atoms. The SMILES string of the molecule is CCCCCCCCOC1CCC(C2CCC(CCCCCCCC)CC2)CC1. The van der Waals surface area contributed by atoms with Crippen molar-refractivity contribution in [3.05, 3.63) is 0 Å². The van der Waals surface area contributed by atoms with E-state index in [9.17, 15) is 0 Å². The zero-order valence-electron chi connectivity index (χ0n) is 20.3. The molecule has 0 aliphatic heterocycles. The van der Waals surface area contributed by atoms with Crippen LogP contribution in [0.25, 0.3) is 0 Å². The number of hydrogen-bond acceptors (Lipinski definition) is 1. The zero-order valence-corrected chi connectivity index (χ0v) is 20.3. The molecule has 172 valence electrons. The highest BCUT2D eigenvalue weighted by molar-refractivity contribution is 4.82. The Morgan fingerprint density at radius 1 is 0.517 bits per heavy atom. The Morgan fingerprint density at radius 2 is 1.00 bits per heavy atom. The normalized spacial score (nSPS) is 27.9. The van der Waals surface area contributed by atoms with Gasteiger partial charge in [0, 0.05) is 6.61 Å². The summed E-state index contributed by atoms with van der Waals surface area (Å²) in [5.74, 6) is 3.14. The Hall–Kier alpha value is -0.0400. The van der Waals surface area contributed by atoms with Crippen molar-refractivity contribution in [2.75, 3.05) is 6.61 Å². The molecule has 2 rings (SSSR count). The van der Waals surface area contributed by atoms with Gasteiger partial charge in [0.25, 0.3) is 0 Å². The first-order valence-electron chi connectivity index (χ1n) is 13.9. The van der Waals surface area contributed by atoms with Crippen molar-refractivity contribution >= 4 is 0 Å². The van der Waals surface area contributed by atoms with Crippen molar-refractivity contribution in [2.45, 2.75) is 155 Å². The molecule has 0 unspecified atom stereocenters. The fraction of sp³-hybridized carbons (Fsp3) is 1.00. The monoisotopic (exact) mass is 406 g/mol. The number of rotatable bonds is 16. The summed E-state index contributed by atoms with van der Waals surface area (Å²) in [4.78, 5) is 0. The maximum atomic E-state index is 6.22. The summed E-state index contributed by atoms with van der Waals surface area (Å²) in [6, 6.07) is 0. The minimum atomic E-state index is 0.589. The summed E-state index contributed by atoms with van der Waals surface area (Å²) in [6.07, 6.45) is 30.8. The maximum Gasteiger partial charge on any atom is 0.0575 e. The number of unbranched alkanes of at least 4 members (excludes halogenated alkanes) is 10. The second kappa shape index (κ2) is 16.6. The average Bonchev–Trinajstić information content (AvgIpc) is 2.76. The first-order valence-corrected chi connectivity index (χ1v) is 13.9. The lowest BCUT2D eigenvalue weighted by Gasteiger charge is -2.38. The quantitative estimate of drug-likeness (QED) is 0.232. The van der Waals surface area contributed by atoms with Crippen molar-refractivity contribution in [2.24, 2.45) is 17.8 Å². The minimum Gasteiger partial charge on any atom is -0.378 e. The van der Waals surface area contributed by atoms with E-state index in [4.69, 9.17) is 4.74 Å². The molecule has 0 heterocycles. The van der Waals surface area contributed by atoms with E-state index in [1.165, 1.54) is 135 Å². The van der Waals surface area contributed by atoms with E-state index >= 15 is 0 Å². The van der Waals surface area contributed by atoms with Gasteiger partial charge in [0.2, 0.25) is 0 Å². The zero-order chi connectivity index (χ0) is 20.6. The molecule has 0 spiro atoms. The largest absolute Gasteiger partial charge is 0.378 e. The van der Waals surface area contributed by atoms with Gasteiger partial charge in [-0.2, -0.15) is 0 Å². The van der Waals surface area contributed by atoms with Crippen molar-refractivity contribution < 1.29 is 4.74 Å². The number of ether oxygens (including phenoxy) is 1. The molecule has 1 heteroatoms. The molecule has 2 fully saturated rings. The van der Waals surface area contributed by atoms with Crippen LogP contribution in [-0.2, 0) is 4.74 Å². The summed E-state index contributed by atoms with van der Waals surface area (Å²) in [5.41, 5.74) is 0. The molecule has 0 saturated heterocycles. The molecule has 2 aliphatic carbocycles. The predicted molar refractivity (Wildman–Crippen MR) is 129 cm³/mol. The van der Waals surface area contributed by atoms with Crippen LogP contribution in [0.1, 0.15) is 149 Å². The average molecular weight is 407 g/mol. The van der Waals surface area contributed by atoms with Crippen LogP contribution in [0.3, 0.4) is 0 Å². The van der Waals surface area contributed by atoms with Gasteiger partial charge in [0.1, 0.15) is 0 Å². The van der Waals surface area contributed by atoms with E-state index in [1.807, 2.05) is 0 Å². The molecule has 0 aromatic rings. The first-order chi connectivity index (χ1) is 14.3. The third kappa shape index (κ3) is 11.2. The molecule has 2 saturated carbocycles. The van der Waals surface area contributed by atoms with Gasteiger partial charge < -0.3 is 4.74 Å². The Bertz CT molecular complexity index is 349. The lowest BCUT2D eigenvalue weighted by Crippen LogP contribution is -2.28. The summed E-state index contributed by atoms with van der Waals surface area (Å²) in [7, 11) is 0. The minimum absolute atomic E-state index is 0.589. The Labute approximate surface area is 184 Å². The van der Waals surface area contributed by atoms with Crippen LogP contribution in [0.15, 0.2) is 0 Å². The van der Waals surface area contributed by atoms with E-state index in [0.29, 0.717) is 6.10 Å². The summed E-state index contributed by atoms with van der Waals surface area (Å²) >= 11 is 0. The smallest absolute Gasteiger partial charge is 0.0575 e. The van der Waals surface area contributed by atoms with Gasteiger partial charge in [-0.3, -0.25) is 0 Å². The van der Waals surface area contributed by atoms with Crippen LogP contribution in [-0.4, -0.2) is 12.7 Å². The van der Waals surface area contributed by atoms with Gasteiger partial charge in [-0.15, -0.1) is 0 Å². The second-order valence-electron chi connectivity index (χ2n) is 10.5. The van der Waals surface area contributed by atoms with Gasteiger partial charge in [-0.1, -0.05) is 104 Å². The van der Waals surface area contributed by atoms with Crippen LogP contribution in [0.4, 0.5) is 0 Å². The summed E-state index contributed by atoms with van der Waals surface area (Å²) in [6.45, 7) is 5.63. The summed E-state index contributed by atoms with van der Waals surface area (Å²) < 4.78 is 6.22. The predicted octanol–water partition coefficient (Wildman–Crippen LogP) is 9.48. The van der Waals surface area contributed by atoms with Crippen LogP contribution < -0.4 is 0 Å². The fourth-order valence-corrected chi connectivity index (χ4v) is 6.02. The van der Waals surface area contributed by atoms with Gasteiger partial charge in [-0.05, 0) is 62.7 Å². The first kappa shape index (κ1) is 25.2. The molecular formula is C28H54O. The highest BCUT2D eigenvalue weighted by Crippen LogP contribution is 2.41. The van der Waals surface area contributed by atoms with Gasteiger partial charge >= 0.3 is 0 Å². The molecule has 0 atom stereocenters. The molecule has 0 radical (unpaired) electrons. The molecule has 2 aliphatic rings. The third-order valence-electron chi connectivity index (χ3n) is 8.09. The second-order valence-corrected chi connectivity index (χ2v) is 10.5. The molecule has 1 nitrogen and oxygen atoms in total. The van der Waals surface area contributed by atoms with Gasteiger partial charge in [0.05, 0.1) is 6.10 Å². The van der Waals surface area contributed by atoms with Gasteiger partial charge in [0.15, 0.2) is 0 Å². The molecule has 0 amide bonds. The Kier molecular flexibility index (Phi) is 14.5. The van der Waals surface area contributed by atoms with E-state index in [1.54, 1.807) is 0 Å². The van der Waals surface area contributed by atoms with Gasteiger partial charge in [-0.25, -0.2) is 0 Å².